The van der Waals surface area contributed by atoms with Crippen LogP contribution in [0.2, 0.25) is 0 Å². The van der Waals surface area contributed by atoms with Crippen LogP contribution in [0.3, 0.4) is 0 Å². The lowest BCUT2D eigenvalue weighted by molar-refractivity contribution is -0.151. The molecule has 2 aromatic rings. The van der Waals surface area contributed by atoms with Crippen LogP contribution in [-0.4, -0.2) is 44.0 Å². The van der Waals surface area contributed by atoms with Crippen LogP contribution in [0, 0.1) is 19.8 Å². The maximum atomic E-state index is 12.4. The van der Waals surface area contributed by atoms with Crippen molar-refractivity contribution in [2.75, 3.05) is 30.5 Å². The second-order valence-corrected chi connectivity index (χ2v) is 7.37. The minimum atomic E-state index is -0.666. The van der Waals surface area contributed by atoms with Gasteiger partial charge in [0.05, 0.1) is 18.6 Å². The number of benzene rings is 2. The van der Waals surface area contributed by atoms with E-state index in [9.17, 15) is 19.2 Å². The van der Waals surface area contributed by atoms with Crippen molar-refractivity contribution in [3.05, 3.63) is 59.2 Å². The summed E-state index contributed by atoms with van der Waals surface area (Å²) in [5, 5.41) is 2.76. The van der Waals surface area contributed by atoms with Gasteiger partial charge in [-0.15, -0.1) is 0 Å². The Labute approximate surface area is 180 Å². The number of esters is 2. The molecule has 1 aliphatic heterocycles. The number of carbonyl (C=O) groups excluding carboxylic acids is 4. The van der Waals surface area contributed by atoms with Crippen LogP contribution in [0.15, 0.2) is 42.5 Å². The number of carbonyl (C=O) groups is 4. The first-order valence-electron chi connectivity index (χ1n) is 9.81. The highest BCUT2D eigenvalue weighted by Crippen LogP contribution is 2.26. The molecule has 1 fully saturated rings. The Hall–Kier alpha value is -3.68. The van der Waals surface area contributed by atoms with Gasteiger partial charge in [0, 0.05) is 24.3 Å². The zero-order valence-electron chi connectivity index (χ0n) is 17.6. The lowest BCUT2D eigenvalue weighted by Gasteiger charge is -2.17. The van der Waals surface area contributed by atoms with E-state index in [1.54, 1.807) is 24.3 Å². The van der Waals surface area contributed by atoms with Gasteiger partial charge in [-0.2, -0.15) is 0 Å². The third-order valence-corrected chi connectivity index (χ3v) is 5.15. The Kier molecular flexibility index (Phi) is 6.69. The van der Waals surface area contributed by atoms with E-state index in [1.807, 2.05) is 32.0 Å². The maximum absolute atomic E-state index is 12.4. The monoisotopic (exact) mass is 424 g/mol. The quantitative estimate of drug-likeness (QED) is 0.716. The molecule has 1 atom stereocenters. The topological polar surface area (TPSA) is 102 Å². The smallest absolute Gasteiger partial charge is 0.337 e. The van der Waals surface area contributed by atoms with E-state index in [-0.39, 0.29) is 18.9 Å². The number of anilines is 2. The van der Waals surface area contributed by atoms with Gasteiger partial charge in [-0.3, -0.25) is 14.4 Å². The summed E-state index contributed by atoms with van der Waals surface area (Å²) < 4.78 is 9.80. The average Bonchev–Trinajstić information content (AvgIpc) is 3.16. The summed E-state index contributed by atoms with van der Waals surface area (Å²) in [6.07, 6.45) is -0.00386. The summed E-state index contributed by atoms with van der Waals surface area (Å²) in [4.78, 5) is 50.0. The van der Waals surface area contributed by atoms with Crippen LogP contribution < -0.4 is 10.2 Å². The van der Waals surface area contributed by atoms with E-state index in [0.717, 1.165) is 11.1 Å². The number of ether oxygens (including phenoxy) is 2. The molecule has 2 amide bonds. The van der Waals surface area contributed by atoms with E-state index in [4.69, 9.17) is 4.74 Å². The van der Waals surface area contributed by atoms with Gasteiger partial charge in [-0.05, 0) is 49.2 Å². The van der Waals surface area contributed by atoms with Crippen molar-refractivity contribution in [2.45, 2.75) is 20.3 Å². The molecule has 0 aromatic heterocycles. The lowest BCUT2D eigenvalue weighted by Crippen LogP contribution is -2.28. The van der Waals surface area contributed by atoms with Gasteiger partial charge < -0.3 is 19.7 Å². The second kappa shape index (κ2) is 9.42. The van der Waals surface area contributed by atoms with Crippen molar-refractivity contribution in [1.29, 1.82) is 0 Å². The highest BCUT2D eigenvalue weighted by molar-refractivity contribution is 6.00. The second-order valence-electron chi connectivity index (χ2n) is 7.37. The number of aryl methyl sites for hydroxylation is 2. The fourth-order valence-electron chi connectivity index (χ4n) is 3.45. The Morgan fingerprint density at radius 3 is 2.32 bits per heavy atom. The minimum absolute atomic E-state index is 0.00386. The first-order valence-corrected chi connectivity index (χ1v) is 9.81. The van der Waals surface area contributed by atoms with Crippen molar-refractivity contribution in [2.24, 2.45) is 5.92 Å². The van der Waals surface area contributed by atoms with Crippen molar-refractivity contribution < 1.29 is 28.7 Å². The van der Waals surface area contributed by atoms with E-state index in [0.29, 0.717) is 16.9 Å². The number of rotatable bonds is 6. The van der Waals surface area contributed by atoms with Gasteiger partial charge in [0.15, 0.2) is 6.61 Å². The molecule has 8 nitrogen and oxygen atoms in total. The summed E-state index contributed by atoms with van der Waals surface area (Å²) in [5.41, 5.74) is 3.45. The molecule has 8 heteroatoms. The molecule has 31 heavy (non-hydrogen) atoms. The van der Waals surface area contributed by atoms with Crippen LogP contribution in [-0.2, 0) is 23.9 Å². The molecule has 0 unspecified atom stereocenters. The molecule has 3 rings (SSSR count). The molecular formula is C23H24N2O6. The Morgan fingerprint density at radius 1 is 1.06 bits per heavy atom. The predicted octanol–water partition coefficient (Wildman–Crippen LogP) is 2.62. The van der Waals surface area contributed by atoms with Crippen molar-refractivity contribution in [3.8, 4) is 0 Å². The number of amides is 2. The maximum Gasteiger partial charge on any atom is 0.337 e. The summed E-state index contributed by atoms with van der Waals surface area (Å²) in [6, 6.07) is 12.0. The van der Waals surface area contributed by atoms with Gasteiger partial charge in [0.1, 0.15) is 0 Å². The van der Waals surface area contributed by atoms with Gasteiger partial charge in [0.25, 0.3) is 5.91 Å². The van der Waals surface area contributed by atoms with Gasteiger partial charge in [0.2, 0.25) is 5.91 Å². The molecule has 1 aliphatic rings. The first-order chi connectivity index (χ1) is 14.8. The molecule has 1 heterocycles. The fraction of sp³-hybridized carbons (Fsp3) is 0.304. The van der Waals surface area contributed by atoms with Gasteiger partial charge in [-0.25, -0.2) is 4.79 Å². The zero-order valence-corrected chi connectivity index (χ0v) is 17.6. The number of nitrogens with one attached hydrogen (secondary N) is 1. The molecule has 0 saturated carbocycles. The standard InChI is InChI=1S/C23H24N2O6/c1-14-5-4-6-15(2)21(14)24-19(26)13-31-23(29)17-11-20(27)25(12-17)18-9-7-16(8-10-18)22(28)30-3/h4-10,17H,11-13H2,1-3H3,(H,24,26)/t17-/m1/s1. The van der Waals surface area contributed by atoms with Crippen LogP contribution in [0.4, 0.5) is 11.4 Å². The Balaban J connectivity index is 1.55. The third kappa shape index (κ3) is 5.09. The number of nitrogens with zero attached hydrogens (tertiary/aromatic N) is 1. The largest absolute Gasteiger partial charge is 0.465 e. The van der Waals surface area contributed by atoms with Crippen molar-refractivity contribution in [3.63, 3.8) is 0 Å². The number of hydrogen-bond donors (Lipinski definition) is 1. The molecule has 2 aromatic carbocycles. The molecule has 0 aliphatic carbocycles. The van der Waals surface area contributed by atoms with Gasteiger partial charge in [-0.1, -0.05) is 18.2 Å². The Bertz CT molecular complexity index is 995. The highest BCUT2D eigenvalue weighted by atomic mass is 16.5. The third-order valence-electron chi connectivity index (χ3n) is 5.15. The molecule has 162 valence electrons. The van der Waals surface area contributed by atoms with Crippen molar-refractivity contribution in [1.82, 2.24) is 0 Å². The normalized spacial score (nSPS) is 15.5. The van der Waals surface area contributed by atoms with Crippen molar-refractivity contribution >= 4 is 35.1 Å². The summed E-state index contributed by atoms with van der Waals surface area (Å²) in [6.45, 7) is 3.48. The molecule has 1 saturated heterocycles. The zero-order chi connectivity index (χ0) is 22.5. The van der Waals surface area contributed by atoms with Crippen LogP contribution in [0.5, 0.6) is 0 Å². The fourth-order valence-corrected chi connectivity index (χ4v) is 3.45. The van der Waals surface area contributed by atoms with E-state index in [1.165, 1.54) is 12.0 Å². The number of hydrogen-bond acceptors (Lipinski definition) is 6. The average molecular weight is 424 g/mol. The minimum Gasteiger partial charge on any atom is -0.465 e. The first kappa shape index (κ1) is 22.0. The predicted molar refractivity (Wildman–Crippen MR) is 114 cm³/mol. The van der Waals surface area contributed by atoms with Crippen LogP contribution >= 0.6 is 0 Å². The molecular weight excluding hydrogens is 400 g/mol. The number of para-hydroxylation sites is 1. The highest BCUT2D eigenvalue weighted by Gasteiger charge is 2.36. The number of methoxy groups -OCH3 is 1. The van der Waals surface area contributed by atoms with Crippen LogP contribution in [0.25, 0.3) is 0 Å². The van der Waals surface area contributed by atoms with Gasteiger partial charge >= 0.3 is 11.9 Å². The SMILES string of the molecule is COC(=O)c1ccc(N2C[C@H](C(=O)OCC(=O)Nc3c(C)cccc3C)CC2=O)cc1. The van der Waals surface area contributed by atoms with E-state index >= 15 is 0 Å². The van der Waals surface area contributed by atoms with E-state index in [2.05, 4.69) is 10.1 Å². The molecule has 1 N–H and O–H groups in total. The molecule has 0 bridgehead atoms. The molecule has 0 radical (unpaired) electrons. The summed E-state index contributed by atoms with van der Waals surface area (Å²) >= 11 is 0. The van der Waals surface area contributed by atoms with Crippen LogP contribution in [0.1, 0.15) is 27.9 Å². The lowest BCUT2D eigenvalue weighted by atomic mass is 10.1. The Morgan fingerprint density at radius 2 is 1.71 bits per heavy atom. The van der Waals surface area contributed by atoms with E-state index < -0.39 is 30.4 Å². The summed E-state index contributed by atoms with van der Waals surface area (Å²) in [7, 11) is 1.29. The summed E-state index contributed by atoms with van der Waals surface area (Å²) in [5.74, 6) is -2.41. The molecule has 0 spiro atoms.